The van der Waals surface area contributed by atoms with Crippen LogP contribution in [0.2, 0.25) is 0 Å². The maximum Gasteiger partial charge on any atom is 0.296 e. The number of aromatic nitrogens is 2. The second-order valence-corrected chi connectivity index (χ2v) is 4.79. The Bertz CT molecular complexity index is 697. The highest BCUT2D eigenvalue weighted by molar-refractivity contribution is 5.69. The van der Waals surface area contributed by atoms with Gasteiger partial charge in [-0.25, -0.2) is 0 Å². The van der Waals surface area contributed by atoms with Crippen molar-refractivity contribution in [3.05, 3.63) is 40.2 Å². The molecule has 0 radical (unpaired) electrons. The van der Waals surface area contributed by atoms with Crippen LogP contribution in [0.15, 0.2) is 24.5 Å². The Hall–Kier alpha value is -2.77. The lowest BCUT2D eigenvalue weighted by Gasteiger charge is -2.14. The summed E-state index contributed by atoms with van der Waals surface area (Å²) in [4.78, 5) is 10.8. The fraction of sp³-hybridized carbons (Fsp3) is 0.308. The normalized spacial score (nSPS) is 14.0. The highest BCUT2D eigenvalue weighted by Gasteiger charge is 2.24. The standard InChI is InChI=1S/C13H14N4O4/c1-8(9-5-14-16(2)6-9)15-10-3-12-13(21-7-20-12)4-11(10)17(18)19/h3-6,8,15H,7H2,1-2H3. The molecule has 8 heteroatoms. The number of fused-ring (bicyclic) bond motifs is 1. The molecule has 21 heavy (non-hydrogen) atoms. The zero-order valence-electron chi connectivity index (χ0n) is 11.6. The molecule has 0 saturated heterocycles. The van der Waals surface area contributed by atoms with Gasteiger partial charge in [-0.1, -0.05) is 0 Å². The highest BCUT2D eigenvalue weighted by atomic mass is 16.7. The first kappa shape index (κ1) is 13.2. The number of nitro groups is 1. The molecule has 0 spiro atoms. The van der Waals surface area contributed by atoms with Crippen molar-refractivity contribution >= 4 is 11.4 Å². The summed E-state index contributed by atoms with van der Waals surface area (Å²) in [6.45, 7) is 1.99. The van der Waals surface area contributed by atoms with E-state index in [1.54, 1.807) is 16.9 Å². The lowest BCUT2D eigenvalue weighted by Crippen LogP contribution is -2.07. The van der Waals surface area contributed by atoms with Crippen LogP contribution in [0.4, 0.5) is 11.4 Å². The second kappa shape index (κ2) is 4.97. The predicted molar refractivity (Wildman–Crippen MR) is 74.5 cm³/mol. The van der Waals surface area contributed by atoms with Gasteiger partial charge in [0.05, 0.1) is 23.2 Å². The molecular formula is C13H14N4O4. The molecule has 1 aliphatic heterocycles. The molecule has 1 atom stereocenters. The first-order chi connectivity index (χ1) is 10.0. The van der Waals surface area contributed by atoms with Crippen molar-refractivity contribution in [3.8, 4) is 11.5 Å². The highest BCUT2D eigenvalue weighted by Crippen LogP contribution is 2.41. The SMILES string of the molecule is CC(Nc1cc2c(cc1[N+](=O)[O-])OCO2)c1cnn(C)c1. The van der Waals surface area contributed by atoms with Gasteiger partial charge in [-0.2, -0.15) is 5.10 Å². The quantitative estimate of drug-likeness (QED) is 0.685. The van der Waals surface area contributed by atoms with Crippen LogP contribution < -0.4 is 14.8 Å². The number of ether oxygens (including phenoxy) is 2. The third kappa shape index (κ3) is 2.47. The smallest absolute Gasteiger partial charge is 0.296 e. The molecule has 1 N–H and O–H groups in total. The number of hydrogen-bond donors (Lipinski definition) is 1. The minimum absolute atomic E-state index is 0.0463. The van der Waals surface area contributed by atoms with E-state index in [9.17, 15) is 10.1 Å². The number of aryl methyl sites for hydroxylation is 1. The maximum absolute atomic E-state index is 11.2. The number of nitro benzene ring substituents is 1. The van der Waals surface area contributed by atoms with Gasteiger partial charge in [-0.05, 0) is 6.92 Å². The van der Waals surface area contributed by atoms with Gasteiger partial charge in [0, 0.05) is 24.9 Å². The lowest BCUT2D eigenvalue weighted by molar-refractivity contribution is -0.384. The van der Waals surface area contributed by atoms with Gasteiger partial charge in [0.25, 0.3) is 5.69 Å². The van der Waals surface area contributed by atoms with Crippen LogP contribution in [0.1, 0.15) is 18.5 Å². The summed E-state index contributed by atoms with van der Waals surface area (Å²) in [5.74, 6) is 0.891. The van der Waals surface area contributed by atoms with Gasteiger partial charge in [-0.3, -0.25) is 14.8 Å². The molecule has 0 aliphatic carbocycles. The number of hydrogen-bond acceptors (Lipinski definition) is 6. The fourth-order valence-electron chi connectivity index (χ4n) is 2.18. The summed E-state index contributed by atoms with van der Waals surface area (Å²) in [5, 5.41) is 18.4. The molecule has 0 amide bonds. The monoisotopic (exact) mass is 290 g/mol. The van der Waals surface area contributed by atoms with E-state index in [0.717, 1.165) is 5.56 Å². The van der Waals surface area contributed by atoms with Crippen molar-refractivity contribution in [2.45, 2.75) is 13.0 Å². The van der Waals surface area contributed by atoms with Gasteiger partial charge < -0.3 is 14.8 Å². The van der Waals surface area contributed by atoms with Gasteiger partial charge in [0.15, 0.2) is 11.5 Å². The van der Waals surface area contributed by atoms with Crippen LogP contribution in [-0.4, -0.2) is 21.5 Å². The summed E-state index contributed by atoms with van der Waals surface area (Å²) < 4.78 is 12.1. The van der Waals surface area contributed by atoms with E-state index in [1.165, 1.54) is 6.07 Å². The van der Waals surface area contributed by atoms with Crippen LogP contribution in [0, 0.1) is 10.1 Å². The first-order valence-corrected chi connectivity index (χ1v) is 6.37. The largest absolute Gasteiger partial charge is 0.454 e. The Balaban J connectivity index is 1.92. The van der Waals surface area contributed by atoms with Crippen LogP contribution in [0.5, 0.6) is 11.5 Å². The molecule has 0 fully saturated rings. The van der Waals surface area contributed by atoms with E-state index in [0.29, 0.717) is 17.2 Å². The summed E-state index contributed by atoms with van der Waals surface area (Å²) in [7, 11) is 1.82. The summed E-state index contributed by atoms with van der Waals surface area (Å²) in [6, 6.07) is 2.84. The van der Waals surface area contributed by atoms with Crippen molar-refractivity contribution in [1.82, 2.24) is 9.78 Å². The number of anilines is 1. The Morgan fingerprint density at radius 2 is 2.14 bits per heavy atom. The minimum Gasteiger partial charge on any atom is -0.454 e. The zero-order chi connectivity index (χ0) is 15.0. The van der Waals surface area contributed by atoms with Crippen LogP contribution in [0.25, 0.3) is 0 Å². The van der Waals surface area contributed by atoms with Gasteiger partial charge >= 0.3 is 0 Å². The Kier molecular flexibility index (Phi) is 3.13. The van der Waals surface area contributed by atoms with Crippen molar-refractivity contribution in [2.75, 3.05) is 12.1 Å². The molecule has 1 unspecified atom stereocenters. The van der Waals surface area contributed by atoms with Crippen molar-refractivity contribution < 1.29 is 14.4 Å². The van der Waals surface area contributed by atoms with Crippen molar-refractivity contribution in [2.24, 2.45) is 7.05 Å². The van der Waals surface area contributed by atoms with E-state index in [-0.39, 0.29) is 18.5 Å². The molecule has 8 nitrogen and oxygen atoms in total. The van der Waals surface area contributed by atoms with Crippen LogP contribution in [-0.2, 0) is 7.05 Å². The summed E-state index contributed by atoms with van der Waals surface area (Å²) >= 11 is 0. The Labute approximate surface area is 120 Å². The molecule has 1 aliphatic rings. The van der Waals surface area contributed by atoms with Crippen LogP contribution in [0.3, 0.4) is 0 Å². The molecule has 0 saturated carbocycles. The van der Waals surface area contributed by atoms with Gasteiger partial charge in [0.2, 0.25) is 6.79 Å². The van der Waals surface area contributed by atoms with Crippen molar-refractivity contribution in [1.29, 1.82) is 0 Å². The molecule has 2 heterocycles. The predicted octanol–water partition coefficient (Wildman–Crippen LogP) is 2.23. The third-order valence-corrected chi connectivity index (χ3v) is 3.28. The number of nitrogens with zero attached hydrogens (tertiary/aromatic N) is 3. The topological polar surface area (TPSA) is 91.5 Å². The summed E-state index contributed by atoms with van der Waals surface area (Å²) in [5.41, 5.74) is 1.28. The van der Waals surface area contributed by atoms with Crippen molar-refractivity contribution in [3.63, 3.8) is 0 Å². The lowest BCUT2D eigenvalue weighted by atomic mass is 10.1. The first-order valence-electron chi connectivity index (χ1n) is 6.37. The molecule has 0 bridgehead atoms. The number of benzene rings is 1. The molecule has 1 aromatic heterocycles. The number of nitrogens with one attached hydrogen (secondary N) is 1. The van der Waals surface area contributed by atoms with E-state index >= 15 is 0 Å². The van der Waals surface area contributed by atoms with E-state index in [2.05, 4.69) is 10.4 Å². The molecule has 3 rings (SSSR count). The maximum atomic E-state index is 11.2. The van der Waals surface area contributed by atoms with E-state index < -0.39 is 4.92 Å². The van der Waals surface area contributed by atoms with Gasteiger partial charge in [0.1, 0.15) is 5.69 Å². The zero-order valence-corrected chi connectivity index (χ0v) is 11.6. The fourth-order valence-corrected chi connectivity index (χ4v) is 2.18. The van der Waals surface area contributed by atoms with Crippen LogP contribution >= 0.6 is 0 Å². The molecule has 110 valence electrons. The minimum atomic E-state index is -0.444. The molecule has 1 aromatic carbocycles. The Morgan fingerprint density at radius 1 is 1.43 bits per heavy atom. The number of rotatable bonds is 4. The average molecular weight is 290 g/mol. The second-order valence-electron chi connectivity index (χ2n) is 4.79. The van der Waals surface area contributed by atoms with E-state index in [4.69, 9.17) is 9.47 Å². The average Bonchev–Trinajstić information content (AvgIpc) is 3.05. The molecule has 2 aromatic rings. The molecular weight excluding hydrogens is 276 g/mol. The Morgan fingerprint density at radius 3 is 2.76 bits per heavy atom. The summed E-state index contributed by atoms with van der Waals surface area (Å²) in [6.07, 6.45) is 3.58. The third-order valence-electron chi connectivity index (χ3n) is 3.28. The van der Waals surface area contributed by atoms with E-state index in [1.807, 2.05) is 20.2 Å². The van der Waals surface area contributed by atoms with Gasteiger partial charge in [-0.15, -0.1) is 0 Å².